The van der Waals surface area contributed by atoms with Crippen molar-refractivity contribution >= 4 is 41.2 Å². The zero-order valence-corrected chi connectivity index (χ0v) is 11.8. The molecule has 1 aromatic rings. The molecule has 19 heavy (non-hydrogen) atoms. The SMILES string of the molecule is CCCNC(=O)C(=O)NN=Cc1ccc(Cl)c(Cl)c1. The maximum Gasteiger partial charge on any atom is 0.329 e. The molecule has 0 saturated carbocycles. The lowest BCUT2D eigenvalue weighted by Crippen LogP contribution is -2.38. The third kappa shape index (κ3) is 5.28. The lowest BCUT2D eigenvalue weighted by atomic mass is 10.2. The zero-order valence-electron chi connectivity index (χ0n) is 10.2. The van der Waals surface area contributed by atoms with Crippen LogP contribution in [0, 0.1) is 0 Å². The Morgan fingerprint density at radius 2 is 2.00 bits per heavy atom. The Balaban J connectivity index is 2.51. The van der Waals surface area contributed by atoms with Crippen LogP contribution in [0.2, 0.25) is 10.0 Å². The minimum absolute atomic E-state index is 0.387. The number of halogens is 2. The molecule has 1 rings (SSSR count). The fourth-order valence-electron chi connectivity index (χ4n) is 1.13. The van der Waals surface area contributed by atoms with Crippen molar-refractivity contribution < 1.29 is 9.59 Å². The summed E-state index contributed by atoms with van der Waals surface area (Å²) in [5, 5.41) is 6.91. The molecule has 0 aromatic heterocycles. The molecule has 0 unspecified atom stereocenters. The fraction of sp³-hybridized carbons (Fsp3) is 0.250. The molecule has 1 aromatic carbocycles. The van der Waals surface area contributed by atoms with Gasteiger partial charge in [-0.3, -0.25) is 9.59 Å². The third-order valence-corrected chi connectivity index (χ3v) is 2.80. The molecule has 0 spiro atoms. The smallest absolute Gasteiger partial charge is 0.329 e. The van der Waals surface area contributed by atoms with E-state index in [-0.39, 0.29) is 0 Å². The average Bonchev–Trinajstić information content (AvgIpc) is 2.39. The zero-order chi connectivity index (χ0) is 14.3. The van der Waals surface area contributed by atoms with E-state index in [9.17, 15) is 9.59 Å². The van der Waals surface area contributed by atoms with Gasteiger partial charge in [0.05, 0.1) is 16.3 Å². The molecule has 0 aliphatic heterocycles. The molecule has 0 bridgehead atoms. The Labute approximate surface area is 121 Å². The highest BCUT2D eigenvalue weighted by Crippen LogP contribution is 2.21. The highest BCUT2D eigenvalue weighted by molar-refractivity contribution is 6.42. The summed E-state index contributed by atoms with van der Waals surface area (Å²) in [5.41, 5.74) is 2.77. The van der Waals surface area contributed by atoms with Gasteiger partial charge in [-0.25, -0.2) is 5.43 Å². The van der Waals surface area contributed by atoms with Gasteiger partial charge in [0.25, 0.3) is 0 Å². The first kappa shape index (κ1) is 15.5. The van der Waals surface area contributed by atoms with E-state index in [1.165, 1.54) is 6.21 Å². The summed E-state index contributed by atoms with van der Waals surface area (Å²) in [6, 6.07) is 4.89. The van der Waals surface area contributed by atoms with E-state index in [0.29, 0.717) is 22.2 Å². The lowest BCUT2D eigenvalue weighted by molar-refractivity contribution is -0.139. The molecule has 0 saturated heterocycles. The van der Waals surface area contributed by atoms with E-state index in [1.807, 2.05) is 6.92 Å². The fourth-order valence-corrected chi connectivity index (χ4v) is 1.43. The second kappa shape index (κ2) is 7.76. The average molecular weight is 302 g/mol. The van der Waals surface area contributed by atoms with Gasteiger partial charge in [0.15, 0.2) is 0 Å². The number of rotatable bonds is 4. The van der Waals surface area contributed by atoms with Crippen LogP contribution in [-0.4, -0.2) is 24.6 Å². The summed E-state index contributed by atoms with van der Waals surface area (Å²) in [6.07, 6.45) is 2.12. The molecule has 102 valence electrons. The van der Waals surface area contributed by atoms with Crippen molar-refractivity contribution in [3.63, 3.8) is 0 Å². The monoisotopic (exact) mass is 301 g/mol. The van der Waals surface area contributed by atoms with Crippen LogP contribution in [0.5, 0.6) is 0 Å². The normalized spacial score (nSPS) is 10.5. The van der Waals surface area contributed by atoms with Crippen LogP contribution in [0.4, 0.5) is 0 Å². The van der Waals surface area contributed by atoms with Crippen molar-refractivity contribution in [2.75, 3.05) is 6.54 Å². The van der Waals surface area contributed by atoms with Crippen molar-refractivity contribution in [3.05, 3.63) is 33.8 Å². The van der Waals surface area contributed by atoms with Crippen molar-refractivity contribution in [2.24, 2.45) is 5.10 Å². The van der Waals surface area contributed by atoms with Crippen molar-refractivity contribution in [3.8, 4) is 0 Å². The topological polar surface area (TPSA) is 70.6 Å². The van der Waals surface area contributed by atoms with Crippen LogP contribution in [0.1, 0.15) is 18.9 Å². The van der Waals surface area contributed by atoms with Crippen LogP contribution >= 0.6 is 23.2 Å². The maximum absolute atomic E-state index is 11.3. The molecule has 0 atom stereocenters. The molecule has 5 nitrogen and oxygen atoms in total. The number of hydrogen-bond donors (Lipinski definition) is 2. The van der Waals surface area contributed by atoms with Gasteiger partial charge >= 0.3 is 11.8 Å². The number of amides is 2. The van der Waals surface area contributed by atoms with Gasteiger partial charge in [-0.2, -0.15) is 5.10 Å². The highest BCUT2D eigenvalue weighted by Gasteiger charge is 2.10. The largest absolute Gasteiger partial charge is 0.348 e. The van der Waals surface area contributed by atoms with Crippen LogP contribution in [0.15, 0.2) is 23.3 Å². The summed E-state index contributed by atoms with van der Waals surface area (Å²) in [4.78, 5) is 22.5. The summed E-state index contributed by atoms with van der Waals surface area (Å²) in [7, 11) is 0. The number of carbonyl (C=O) groups is 2. The van der Waals surface area contributed by atoms with Crippen LogP contribution in [-0.2, 0) is 9.59 Å². The third-order valence-electron chi connectivity index (χ3n) is 2.07. The second-order valence-electron chi connectivity index (χ2n) is 3.63. The molecule has 2 amide bonds. The first-order valence-electron chi connectivity index (χ1n) is 5.61. The number of hydrazone groups is 1. The molecule has 0 aliphatic rings. The number of benzene rings is 1. The van der Waals surface area contributed by atoms with Gasteiger partial charge < -0.3 is 5.32 Å². The summed E-state index contributed by atoms with van der Waals surface area (Å²) in [6.45, 7) is 2.34. The predicted molar refractivity (Wildman–Crippen MR) is 75.5 cm³/mol. The summed E-state index contributed by atoms with van der Waals surface area (Å²) < 4.78 is 0. The molecular weight excluding hydrogens is 289 g/mol. The standard InChI is InChI=1S/C12H13Cl2N3O2/c1-2-5-15-11(18)12(19)17-16-7-8-3-4-9(13)10(14)6-8/h3-4,6-7H,2,5H2,1H3,(H,15,18)(H,17,19). The van der Waals surface area contributed by atoms with Gasteiger partial charge in [0, 0.05) is 6.54 Å². The van der Waals surface area contributed by atoms with Gasteiger partial charge in [-0.05, 0) is 24.1 Å². The minimum Gasteiger partial charge on any atom is -0.348 e. The lowest BCUT2D eigenvalue weighted by Gasteiger charge is -2.01. The Hall–Kier alpha value is -1.59. The molecule has 0 aliphatic carbocycles. The number of nitrogens with zero attached hydrogens (tertiary/aromatic N) is 1. The number of carbonyl (C=O) groups excluding carboxylic acids is 2. The molecule has 2 N–H and O–H groups in total. The first-order valence-corrected chi connectivity index (χ1v) is 6.36. The maximum atomic E-state index is 11.3. The van der Waals surface area contributed by atoms with E-state index in [2.05, 4.69) is 15.8 Å². The Morgan fingerprint density at radius 1 is 1.26 bits per heavy atom. The van der Waals surface area contributed by atoms with Crippen LogP contribution < -0.4 is 10.7 Å². The van der Waals surface area contributed by atoms with Crippen molar-refractivity contribution in [1.82, 2.24) is 10.7 Å². The van der Waals surface area contributed by atoms with Crippen LogP contribution in [0.3, 0.4) is 0 Å². The summed E-state index contributed by atoms with van der Waals surface area (Å²) >= 11 is 11.6. The summed E-state index contributed by atoms with van der Waals surface area (Å²) in [5.74, 6) is -1.53. The van der Waals surface area contributed by atoms with Crippen LogP contribution in [0.25, 0.3) is 0 Å². The molecule has 7 heteroatoms. The Kier molecular flexibility index (Phi) is 6.32. The van der Waals surface area contributed by atoms with E-state index in [4.69, 9.17) is 23.2 Å². The second-order valence-corrected chi connectivity index (χ2v) is 4.44. The number of hydrogen-bond acceptors (Lipinski definition) is 3. The van der Waals surface area contributed by atoms with E-state index < -0.39 is 11.8 Å². The molecule has 0 heterocycles. The van der Waals surface area contributed by atoms with E-state index in [0.717, 1.165) is 6.42 Å². The molecule has 0 fully saturated rings. The quantitative estimate of drug-likeness (QED) is 0.507. The van der Waals surface area contributed by atoms with Gasteiger partial charge in [0.1, 0.15) is 0 Å². The minimum atomic E-state index is -0.815. The first-order chi connectivity index (χ1) is 9.04. The molecule has 0 radical (unpaired) electrons. The number of nitrogens with one attached hydrogen (secondary N) is 2. The Morgan fingerprint density at radius 3 is 2.63 bits per heavy atom. The van der Waals surface area contributed by atoms with Gasteiger partial charge in [-0.1, -0.05) is 36.2 Å². The van der Waals surface area contributed by atoms with Gasteiger partial charge in [0.2, 0.25) is 0 Å². The van der Waals surface area contributed by atoms with Gasteiger partial charge in [-0.15, -0.1) is 0 Å². The Bertz CT molecular complexity index is 504. The predicted octanol–water partition coefficient (Wildman–Crippen LogP) is 1.97. The highest BCUT2D eigenvalue weighted by atomic mass is 35.5. The molecular formula is C12H13Cl2N3O2. The van der Waals surface area contributed by atoms with Crippen molar-refractivity contribution in [2.45, 2.75) is 13.3 Å². The van der Waals surface area contributed by atoms with E-state index >= 15 is 0 Å². The van der Waals surface area contributed by atoms with Crippen molar-refractivity contribution in [1.29, 1.82) is 0 Å². The van der Waals surface area contributed by atoms with E-state index in [1.54, 1.807) is 18.2 Å².